The van der Waals surface area contributed by atoms with Gasteiger partial charge in [-0.1, -0.05) is 285 Å². The molecule has 21 aromatic rings. The molecule has 0 bridgehead atoms. The van der Waals surface area contributed by atoms with Gasteiger partial charge in [-0.25, -0.2) is 0 Å². The molecule has 18 aromatic carbocycles. The molecule has 0 fully saturated rings. The molecule has 3 heterocycles. The van der Waals surface area contributed by atoms with E-state index >= 15 is 0 Å². The van der Waals surface area contributed by atoms with Crippen LogP contribution in [0, 0.1) is 0 Å². The van der Waals surface area contributed by atoms with Gasteiger partial charge in [0.1, 0.15) is 11.2 Å². The van der Waals surface area contributed by atoms with Crippen molar-refractivity contribution in [2.75, 3.05) is 14.7 Å². The molecule has 0 atom stereocenters. The summed E-state index contributed by atoms with van der Waals surface area (Å²) in [6.07, 6.45) is 0. The Hall–Kier alpha value is -14.4. The molecule has 524 valence electrons. The van der Waals surface area contributed by atoms with Gasteiger partial charge in [-0.3, -0.25) is 0 Å². The molecule has 0 saturated carbocycles. The van der Waals surface area contributed by atoms with E-state index in [2.05, 4.69) is 430 Å². The van der Waals surface area contributed by atoms with Crippen molar-refractivity contribution in [1.82, 2.24) is 9.13 Å². The van der Waals surface area contributed by atoms with Crippen molar-refractivity contribution in [3.63, 3.8) is 0 Å². The zero-order chi connectivity index (χ0) is 73.7. The topological polar surface area (TPSA) is 32.7 Å². The molecular weight excluding hydrogens is 1370 g/mol. The molecule has 0 unspecified atom stereocenters. The van der Waals surface area contributed by atoms with Gasteiger partial charge in [0.15, 0.2) is 0 Å². The third-order valence-corrected chi connectivity index (χ3v) is 22.0. The van der Waals surface area contributed by atoms with Crippen LogP contribution >= 0.6 is 11.6 Å². The minimum absolute atomic E-state index is 0.773. The van der Waals surface area contributed by atoms with Crippen LogP contribution in [0.15, 0.2) is 429 Å². The molecule has 0 radical (unpaired) electrons. The third-order valence-electron chi connectivity index (χ3n) is 21.6. The number of benzene rings is 18. The minimum Gasteiger partial charge on any atom is -0.456 e. The SMILES string of the molecule is Clc1ccc(-c2ccc(N(c3ccccc3)c3ccc4c5ccccc5n(-c5ccccc5)c4c3)cc2)c2ccccc12.c1ccc(-c2ccc(N(c3ccc(-c4ccc(N(c5ccccc5)c5ccc6c7ccccc7n(-c7ccccc7)c6c5)cc4)c4ccccc34)c3cccc4oc5ccccc5c34)cc2)cc1. The normalized spacial score (nSPS) is 11.5. The molecule has 7 heteroatoms. The summed E-state index contributed by atoms with van der Waals surface area (Å²) in [6, 6.07) is 151. The molecule has 0 saturated heterocycles. The summed E-state index contributed by atoms with van der Waals surface area (Å²) in [7, 11) is 0. The van der Waals surface area contributed by atoms with Crippen LogP contribution in [0.4, 0.5) is 51.2 Å². The predicted molar refractivity (Wildman–Crippen MR) is 469 cm³/mol. The number of aromatic nitrogens is 2. The van der Waals surface area contributed by atoms with E-state index in [0.29, 0.717) is 0 Å². The fourth-order valence-corrected chi connectivity index (χ4v) is 16.8. The Kier molecular flexibility index (Phi) is 16.9. The zero-order valence-corrected chi connectivity index (χ0v) is 61.2. The largest absolute Gasteiger partial charge is 0.456 e. The van der Waals surface area contributed by atoms with E-state index in [0.717, 1.165) is 122 Å². The molecule has 0 aliphatic rings. The van der Waals surface area contributed by atoms with Crippen molar-refractivity contribution < 1.29 is 4.42 Å². The first-order valence-corrected chi connectivity index (χ1v) is 38.0. The van der Waals surface area contributed by atoms with Crippen LogP contribution in [0.3, 0.4) is 0 Å². The highest BCUT2D eigenvalue weighted by Crippen LogP contribution is 2.49. The number of rotatable bonds is 14. The monoisotopic (exact) mass is 1440 g/mol. The number of anilines is 9. The highest BCUT2D eigenvalue weighted by molar-refractivity contribution is 6.36. The lowest BCUT2D eigenvalue weighted by Gasteiger charge is -2.28. The van der Waals surface area contributed by atoms with E-state index in [1.54, 1.807) is 0 Å². The summed E-state index contributed by atoms with van der Waals surface area (Å²) < 4.78 is 11.2. The van der Waals surface area contributed by atoms with Gasteiger partial charge in [-0.05, 0) is 196 Å². The lowest BCUT2D eigenvalue weighted by Crippen LogP contribution is -2.11. The van der Waals surface area contributed by atoms with E-state index in [-0.39, 0.29) is 0 Å². The molecule has 3 aromatic heterocycles. The van der Waals surface area contributed by atoms with Crippen LogP contribution in [0.2, 0.25) is 5.02 Å². The summed E-state index contributed by atoms with van der Waals surface area (Å²) in [4.78, 5) is 7.09. The van der Waals surface area contributed by atoms with Crippen LogP contribution in [-0.4, -0.2) is 9.13 Å². The Morgan fingerprint density at radius 2 is 0.568 bits per heavy atom. The van der Waals surface area contributed by atoms with Gasteiger partial charge in [0.25, 0.3) is 0 Å². The average Bonchev–Trinajstić information content (AvgIpc) is 1.55. The van der Waals surface area contributed by atoms with Crippen molar-refractivity contribution in [2.45, 2.75) is 0 Å². The highest BCUT2D eigenvalue weighted by atomic mass is 35.5. The number of nitrogens with zero attached hydrogens (tertiary/aromatic N) is 5. The van der Waals surface area contributed by atoms with E-state index in [4.69, 9.17) is 16.0 Å². The Bertz CT molecular complexity index is 7000. The van der Waals surface area contributed by atoms with E-state index in [1.165, 1.54) is 65.7 Å². The van der Waals surface area contributed by atoms with Gasteiger partial charge in [0.05, 0.1) is 38.8 Å². The van der Waals surface area contributed by atoms with Crippen molar-refractivity contribution in [2.24, 2.45) is 0 Å². The van der Waals surface area contributed by atoms with Crippen molar-refractivity contribution in [3.05, 3.63) is 430 Å². The molecule has 0 aliphatic heterocycles. The zero-order valence-electron chi connectivity index (χ0n) is 60.4. The minimum atomic E-state index is 0.773. The van der Waals surface area contributed by atoms with Gasteiger partial charge in [0.2, 0.25) is 0 Å². The van der Waals surface area contributed by atoms with Crippen LogP contribution in [0.25, 0.3) is 132 Å². The van der Waals surface area contributed by atoms with Crippen molar-refractivity contribution in [1.29, 1.82) is 0 Å². The second-order valence-electron chi connectivity index (χ2n) is 28.0. The Morgan fingerprint density at radius 3 is 1.09 bits per heavy atom. The maximum Gasteiger partial charge on any atom is 0.137 e. The number of para-hydroxylation sites is 7. The van der Waals surface area contributed by atoms with Gasteiger partial charge in [0, 0.05) is 93.9 Å². The first-order valence-electron chi connectivity index (χ1n) is 37.6. The van der Waals surface area contributed by atoms with Gasteiger partial charge in [-0.15, -0.1) is 0 Å². The summed E-state index contributed by atoms with van der Waals surface area (Å²) in [5.74, 6) is 0. The summed E-state index contributed by atoms with van der Waals surface area (Å²) >= 11 is 6.53. The summed E-state index contributed by atoms with van der Waals surface area (Å²) in [5, 5.41) is 12.4. The van der Waals surface area contributed by atoms with Crippen LogP contribution in [0.5, 0.6) is 0 Å². The molecule has 0 amide bonds. The maximum absolute atomic E-state index is 6.53. The van der Waals surface area contributed by atoms with Crippen LogP contribution < -0.4 is 14.7 Å². The van der Waals surface area contributed by atoms with E-state index < -0.39 is 0 Å². The molecular formula is C104H70ClN5O. The number of furan rings is 1. The summed E-state index contributed by atoms with van der Waals surface area (Å²) in [5.41, 5.74) is 25.5. The van der Waals surface area contributed by atoms with Crippen molar-refractivity contribution in [3.8, 4) is 44.8 Å². The van der Waals surface area contributed by atoms with E-state index in [1.807, 2.05) is 18.2 Å². The molecule has 6 nitrogen and oxygen atoms in total. The Labute approximate surface area is 648 Å². The number of hydrogen-bond acceptors (Lipinski definition) is 4. The van der Waals surface area contributed by atoms with Crippen LogP contribution in [0.1, 0.15) is 0 Å². The molecule has 111 heavy (non-hydrogen) atoms. The number of fused-ring (bicyclic) bond motifs is 11. The quantitative estimate of drug-likeness (QED) is 0.109. The third kappa shape index (κ3) is 12.0. The second kappa shape index (κ2) is 28.4. The molecule has 0 aliphatic carbocycles. The smallest absolute Gasteiger partial charge is 0.137 e. The molecule has 0 N–H and O–H groups in total. The standard InChI is InChI=1S/C64H43N3O.C40H27ClN2/c1-4-17-44(18-5-1)45-31-35-50(36-32-45)66(60-28-16-30-63-64(60)57-26-13-15-29-62(57)68-63)59-42-41-52(53-23-10-11-24-54(53)59)46-33-37-49(38-34-46)65(47-19-6-2-7-20-47)51-39-40-56-55-25-12-14-27-58(55)67(61(56)43-51)48-21-8-3-9-22-48;41-38-26-25-33(34-15-7-8-16-35(34)38)28-19-21-31(22-20-28)42(29-11-3-1-4-12-29)32-23-24-37-36-17-9-10-18-39(36)43(40(37)27-32)30-13-5-2-6-14-30/h1-43H;1-27H. The second-order valence-corrected chi connectivity index (χ2v) is 28.4. The van der Waals surface area contributed by atoms with Gasteiger partial charge < -0.3 is 28.3 Å². The maximum atomic E-state index is 6.53. The Balaban J connectivity index is 0.000000161. The number of halogens is 1. The first-order chi connectivity index (χ1) is 55.0. The Morgan fingerprint density at radius 1 is 0.207 bits per heavy atom. The lowest BCUT2D eigenvalue weighted by atomic mass is 9.95. The average molecular weight is 1440 g/mol. The lowest BCUT2D eigenvalue weighted by molar-refractivity contribution is 0.669. The predicted octanol–water partition coefficient (Wildman–Crippen LogP) is 29.8. The highest BCUT2D eigenvalue weighted by Gasteiger charge is 2.25. The van der Waals surface area contributed by atoms with Crippen molar-refractivity contribution >= 4 is 150 Å². The first kappa shape index (κ1) is 66.0. The molecule has 0 spiro atoms. The summed E-state index contributed by atoms with van der Waals surface area (Å²) in [6.45, 7) is 0. The fourth-order valence-electron chi connectivity index (χ4n) is 16.6. The van der Waals surface area contributed by atoms with E-state index in [9.17, 15) is 0 Å². The molecule has 21 rings (SSSR count). The fraction of sp³-hybridized carbons (Fsp3) is 0. The van der Waals surface area contributed by atoms with Gasteiger partial charge in [-0.2, -0.15) is 0 Å². The van der Waals surface area contributed by atoms with Crippen LogP contribution in [-0.2, 0) is 0 Å². The van der Waals surface area contributed by atoms with Gasteiger partial charge >= 0.3 is 0 Å². The number of hydrogen-bond donors (Lipinski definition) is 0.